The normalized spacial score (nSPS) is 11.3. The summed E-state index contributed by atoms with van der Waals surface area (Å²) in [5, 5.41) is 3.01. The second kappa shape index (κ2) is 9.51. The Bertz CT molecular complexity index is 1310. The Morgan fingerprint density at radius 2 is 1.65 bits per heavy atom. The lowest BCUT2D eigenvalue weighted by atomic mass is 9.86. The first-order chi connectivity index (χ1) is 16.2. The molecule has 0 atom stereocenters. The number of carbonyl (C=O) groups excluding carboxylic acids is 1. The van der Waals surface area contributed by atoms with Crippen LogP contribution >= 0.6 is 0 Å². The second-order valence-corrected chi connectivity index (χ2v) is 9.29. The zero-order chi connectivity index (χ0) is 24.3. The molecular formula is C28H27FN4O. The van der Waals surface area contributed by atoms with E-state index >= 15 is 0 Å². The van der Waals surface area contributed by atoms with Crippen molar-refractivity contribution in [2.75, 3.05) is 5.32 Å². The predicted octanol–water partition coefficient (Wildman–Crippen LogP) is 6.13. The number of hydrogen-bond donors (Lipinski definition) is 1. The third kappa shape index (κ3) is 5.34. The van der Waals surface area contributed by atoms with Crippen molar-refractivity contribution < 1.29 is 9.18 Å². The lowest BCUT2D eigenvalue weighted by molar-refractivity contribution is 0.102. The number of anilines is 1. The van der Waals surface area contributed by atoms with Crippen LogP contribution in [0.2, 0.25) is 0 Å². The fraction of sp³-hybridized carbons (Fsp3) is 0.214. The number of aromatic nitrogens is 3. The SMILES string of the molecule is Cc1c(NC(=O)c2ccc(C(C)(C)C)cc2)cccc1-c1ncnc(Cc2ccc(F)cc2)n1. The van der Waals surface area contributed by atoms with Crippen LogP contribution in [-0.4, -0.2) is 20.9 Å². The van der Waals surface area contributed by atoms with Crippen LogP contribution in [0, 0.1) is 12.7 Å². The summed E-state index contributed by atoms with van der Waals surface area (Å²) in [4.78, 5) is 26.1. The van der Waals surface area contributed by atoms with Gasteiger partial charge < -0.3 is 5.32 Å². The van der Waals surface area contributed by atoms with Crippen molar-refractivity contribution in [3.05, 3.63) is 107 Å². The van der Waals surface area contributed by atoms with Crippen LogP contribution < -0.4 is 5.32 Å². The van der Waals surface area contributed by atoms with E-state index in [-0.39, 0.29) is 17.1 Å². The highest BCUT2D eigenvalue weighted by atomic mass is 19.1. The lowest BCUT2D eigenvalue weighted by Crippen LogP contribution is -2.15. The van der Waals surface area contributed by atoms with Crippen molar-refractivity contribution in [2.24, 2.45) is 0 Å². The maximum absolute atomic E-state index is 13.2. The molecule has 0 spiro atoms. The van der Waals surface area contributed by atoms with Crippen LogP contribution in [-0.2, 0) is 11.8 Å². The molecule has 172 valence electrons. The molecule has 0 aliphatic heterocycles. The average Bonchev–Trinajstić information content (AvgIpc) is 2.81. The van der Waals surface area contributed by atoms with Gasteiger partial charge in [0.1, 0.15) is 18.0 Å². The van der Waals surface area contributed by atoms with Gasteiger partial charge in [0.05, 0.1) is 0 Å². The number of nitrogens with one attached hydrogen (secondary N) is 1. The van der Waals surface area contributed by atoms with E-state index in [0.29, 0.717) is 29.3 Å². The fourth-order valence-corrected chi connectivity index (χ4v) is 3.66. The van der Waals surface area contributed by atoms with Gasteiger partial charge in [-0.3, -0.25) is 4.79 Å². The number of benzene rings is 3. The molecule has 0 saturated carbocycles. The van der Waals surface area contributed by atoms with Gasteiger partial charge in [-0.2, -0.15) is 0 Å². The van der Waals surface area contributed by atoms with Crippen LogP contribution in [0.5, 0.6) is 0 Å². The predicted molar refractivity (Wildman–Crippen MR) is 132 cm³/mol. The molecule has 0 unspecified atom stereocenters. The molecule has 4 rings (SSSR count). The maximum atomic E-state index is 13.2. The van der Waals surface area contributed by atoms with Crippen LogP contribution in [0.15, 0.2) is 73.1 Å². The minimum atomic E-state index is -0.278. The third-order valence-corrected chi connectivity index (χ3v) is 5.73. The standard InChI is InChI=1S/C28H27FN4O/c1-18-23(26-31-17-30-25(33-26)16-19-8-14-22(29)15-9-19)6-5-7-24(18)32-27(34)20-10-12-21(13-11-20)28(2,3)4/h5-15,17H,16H2,1-4H3,(H,32,34). The Kier molecular flexibility index (Phi) is 6.50. The Morgan fingerprint density at radius 3 is 2.32 bits per heavy atom. The summed E-state index contributed by atoms with van der Waals surface area (Å²) < 4.78 is 13.2. The number of nitrogens with zero attached hydrogens (tertiary/aromatic N) is 3. The number of amides is 1. The molecule has 0 saturated heterocycles. The van der Waals surface area contributed by atoms with Crippen LogP contribution in [0.3, 0.4) is 0 Å². The van der Waals surface area contributed by atoms with Crippen molar-refractivity contribution in [1.82, 2.24) is 15.0 Å². The first kappa shape index (κ1) is 23.2. The van der Waals surface area contributed by atoms with Crippen molar-refractivity contribution >= 4 is 11.6 Å². The number of rotatable bonds is 5. The first-order valence-corrected chi connectivity index (χ1v) is 11.1. The summed E-state index contributed by atoms with van der Waals surface area (Å²) in [5.74, 6) is 0.660. The van der Waals surface area contributed by atoms with Crippen LogP contribution in [0.25, 0.3) is 11.4 Å². The smallest absolute Gasteiger partial charge is 0.255 e. The molecular weight excluding hydrogens is 427 g/mol. The van der Waals surface area contributed by atoms with E-state index in [1.807, 2.05) is 49.4 Å². The summed E-state index contributed by atoms with van der Waals surface area (Å²) in [5.41, 5.74) is 5.08. The van der Waals surface area contributed by atoms with E-state index < -0.39 is 0 Å². The zero-order valence-electron chi connectivity index (χ0n) is 19.8. The average molecular weight is 455 g/mol. The molecule has 34 heavy (non-hydrogen) atoms. The van der Waals surface area contributed by atoms with Crippen LogP contribution in [0.4, 0.5) is 10.1 Å². The number of hydrogen-bond acceptors (Lipinski definition) is 4. The summed E-state index contributed by atoms with van der Waals surface area (Å²) in [6.07, 6.45) is 1.94. The molecule has 5 nitrogen and oxygen atoms in total. The fourth-order valence-electron chi connectivity index (χ4n) is 3.66. The topological polar surface area (TPSA) is 67.8 Å². The van der Waals surface area contributed by atoms with Gasteiger partial charge in [0, 0.05) is 23.2 Å². The highest BCUT2D eigenvalue weighted by Gasteiger charge is 2.16. The Labute approximate surface area is 199 Å². The van der Waals surface area contributed by atoms with Crippen molar-refractivity contribution in [1.29, 1.82) is 0 Å². The maximum Gasteiger partial charge on any atom is 0.255 e. The molecule has 1 amide bonds. The molecule has 1 heterocycles. The summed E-state index contributed by atoms with van der Waals surface area (Å²) >= 11 is 0. The summed E-state index contributed by atoms with van der Waals surface area (Å²) in [7, 11) is 0. The van der Waals surface area contributed by atoms with Gasteiger partial charge in [0.25, 0.3) is 5.91 Å². The number of halogens is 1. The molecule has 3 aromatic carbocycles. The monoisotopic (exact) mass is 454 g/mol. The highest BCUT2D eigenvalue weighted by Crippen LogP contribution is 2.27. The van der Waals surface area contributed by atoms with Gasteiger partial charge in [-0.05, 0) is 59.4 Å². The Balaban J connectivity index is 1.55. The molecule has 0 fully saturated rings. The van der Waals surface area contributed by atoms with Crippen molar-refractivity contribution in [3.63, 3.8) is 0 Å². The van der Waals surface area contributed by atoms with Gasteiger partial charge in [-0.15, -0.1) is 0 Å². The van der Waals surface area contributed by atoms with Gasteiger partial charge in [0.2, 0.25) is 0 Å². The molecule has 6 heteroatoms. The molecule has 4 aromatic rings. The number of carbonyl (C=O) groups is 1. The second-order valence-electron chi connectivity index (χ2n) is 9.29. The first-order valence-electron chi connectivity index (χ1n) is 11.1. The molecule has 1 aromatic heterocycles. The molecule has 0 radical (unpaired) electrons. The van der Waals surface area contributed by atoms with E-state index in [0.717, 1.165) is 16.7 Å². The van der Waals surface area contributed by atoms with Crippen molar-refractivity contribution in [3.8, 4) is 11.4 Å². The van der Waals surface area contributed by atoms with Crippen LogP contribution in [0.1, 0.15) is 53.6 Å². The minimum Gasteiger partial charge on any atom is -0.322 e. The summed E-state index contributed by atoms with van der Waals surface area (Å²) in [6.45, 7) is 8.35. The lowest BCUT2D eigenvalue weighted by Gasteiger charge is -2.19. The van der Waals surface area contributed by atoms with Gasteiger partial charge in [0.15, 0.2) is 5.82 Å². The molecule has 0 aliphatic carbocycles. The van der Waals surface area contributed by atoms with Gasteiger partial charge >= 0.3 is 0 Å². The third-order valence-electron chi connectivity index (χ3n) is 5.73. The molecule has 0 bridgehead atoms. The quantitative estimate of drug-likeness (QED) is 0.394. The summed E-state index contributed by atoms with van der Waals surface area (Å²) in [6, 6.07) is 19.6. The largest absolute Gasteiger partial charge is 0.322 e. The van der Waals surface area contributed by atoms with E-state index in [4.69, 9.17) is 0 Å². The van der Waals surface area contributed by atoms with E-state index in [9.17, 15) is 9.18 Å². The van der Waals surface area contributed by atoms with E-state index in [2.05, 4.69) is 41.0 Å². The Morgan fingerprint density at radius 1 is 0.941 bits per heavy atom. The minimum absolute atomic E-state index is 0.0278. The van der Waals surface area contributed by atoms with E-state index in [1.54, 1.807) is 12.1 Å². The van der Waals surface area contributed by atoms with Gasteiger partial charge in [-0.1, -0.05) is 57.2 Å². The molecule has 0 aliphatic rings. The van der Waals surface area contributed by atoms with Gasteiger partial charge in [-0.25, -0.2) is 19.3 Å². The molecule has 1 N–H and O–H groups in total. The van der Waals surface area contributed by atoms with E-state index in [1.165, 1.54) is 24.0 Å². The van der Waals surface area contributed by atoms with Crippen molar-refractivity contribution in [2.45, 2.75) is 39.5 Å². The Hall–Kier alpha value is -3.93. The zero-order valence-corrected chi connectivity index (χ0v) is 19.8. The highest BCUT2D eigenvalue weighted by molar-refractivity contribution is 6.05.